The van der Waals surface area contributed by atoms with Crippen molar-refractivity contribution >= 4 is 16.5 Å². The van der Waals surface area contributed by atoms with Crippen LogP contribution in [0.15, 0.2) is 0 Å². The van der Waals surface area contributed by atoms with Crippen LogP contribution >= 0.6 is 11.3 Å². The molecule has 19 heavy (non-hydrogen) atoms. The average Bonchev–Trinajstić information content (AvgIpc) is 2.77. The Balaban J connectivity index is 1.95. The van der Waals surface area contributed by atoms with E-state index in [-0.39, 0.29) is 11.2 Å². The Bertz CT molecular complexity index is 418. The molecule has 0 amide bonds. The molecule has 0 saturated heterocycles. The topological polar surface area (TPSA) is 41.0 Å². The molecule has 1 fully saturated rings. The van der Waals surface area contributed by atoms with Crippen LogP contribution in [0.3, 0.4) is 0 Å². The molecule has 2 rings (SSSR count). The molecule has 0 aromatic carbocycles. The Hall–Kier alpha value is -0.890. The summed E-state index contributed by atoms with van der Waals surface area (Å²) in [5.41, 5.74) is 0. The molecule has 0 radical (unpaired) electrons. The fourth-order valence-electron chi connectivity index (χ4n) is 2.33. The standard InChI is InChI=1S/C11H17F3N4S/c1-18(2)8-5-3-4-7(6-8)15-10-17-16-9(19-10)11(12,13)14/h7-8H,3-6H2,1-2H3,(H,15,17). The van der Waals surface area contributed by atoms with Gasteiger partial charge in [-0.05, 0) is 39.8 Å². The number of alkyl halides is 3. The molecule has 1 N–H and O–H groups in total. The lowest BCUT2D eigenvalue weighted by Gasteiger charge is -2.33. The van der Waals surface area contributed by atoms with Crippen LogP contribution in [0.1, 0.15) is 30.7 Å². The van der Waals surface area contributed by atoms with E-state index in [1.807, 2.05) is 14.1 Å². The number of halogens is 3. The van der Waals surface area contributed by atoms with E-state index in [0.29, 0.717) is 17.4 Å². The third-order valence-corrected chi connectivity index (χ3v) is 4.27. The summed E-state index contributed by atoms with van der Waals surface area (Å²) in [7, 11) is 4.06. The van der Waals surface area contributed by atoms with Crippen molar-refractivity contribution in [2.24, 2.45) is 0 Å². The number of hydrogen-bond donors (Lipinski definition) is 1. The molecular weight excluding hydrogens is 277 g/mol. The number of nitrogens with one attached hydrogen (secondary N) is 1. The molecule has 2 unspecified atom stereocenters. The van der Waals surface area contributed by atoms with Gasteiger partial charge >= 0.3 is 6.18 Å². The summed E-state index contributed by atoms with van der Waals surface area (Å²) in [6.45, 7) is 0. The van der Waals surface area contributed by atoms with E-state index in [1.54, 1.807) is 0 Å². The van der Waals surface area contributed by atoms with Gasteiger partial charge in [-0.25, -0.2) is 0 Å². The van der Waals surface area contributed by atoms with Crippen molar-refractivity contribution in [3.05, 3.63) is 5.01 Å². The van der Waals surface area contributed by atoms with E-state index in [4.69, 9.17) is 0 Å². The summed E-state index contributed by atoms with van der Waals surface area (Å²) in [4.78, 5) is 2.16. The van der Waals surface area contributed by atoms with Gasteiger partial charge in [-0.15, -0.1) is 10.2 Å². The maximum absolute atomic E-state index is 12.4. The van der Waals surface area contributed by atoms with Crippen LogP contribution in [0.2, 0.25) is 0 Å². The monoisotopic (exact) mass is 294 g/mol. The Labute approximate surface area is 114 Å². The molecule has 0 spiro atoms. The van der Waals surface area contributed by atoms with E-state index < -0.39 is 11.2 Å². The molecule has 1 heterocycles. The molecule has 2 atom stereocenters. The average molecular weight is 294 g/mol. The first-order chi connectivity index (χ1) is 8.86. The molecule has 0 aliphatic heterocycles. The van der Waals surface area contributed by atoms with Crippen molar-refractivity contribution in [3.8, 4) is 0 Å². The number of rotatable bonds is 3. The minimum absolute atomic E-state index is 0.176. The highest BCUT2D eigenvalue weighted by atomic mass is 32.1. The maximum atomic E-state index is 12.4. The summed E-state index contributed by atoms with van der Waals surface area (Å²) in [6, 6.07) is 0.649. The van der Waals surface area contributed by atoms with Gasteiger partial charge in [0.15, 0.2) is 0 Å². The van der Waals surface area contributed by atoms with Crippen LogP contribution in [0.4, 0.5) is 18.3 Å². The van der Waals surface area contributed by atoms with E-state index in [0.717, 1.165) is 25.7 Å². The Kier molecular flexibility index (Phi) is 4.29. The number of hydrogen-bond acceptors (Lipinski definition) is 5. The van der Waals surface area contributed by atoms with Crippen LogP contribution in [0.25, 0.3) is 0 Å². The van der Waals surface area contributed by atoms with Gasteiger partial charge in [0.25, 0.3) is 0 Å². The van der Waals surface area contributed by atoms with Gasteiger partial charge in [0.05, 0.1) is 0 Å². The summed E-state index contributed by atoms with van der Waals surface area (Å²) in [6.07, 6.45) is -0.309. The second-order valence-corrected chi connectivity index (χ2v) is 6.01. The first-order valence-electron chi connectivity index (χ1n) is 6.20. The molecular formula is C11H17F3N4S. The summed E-state index contributed by atoms with van der Waals surface area (Å²) in [5.74, 6) is 0. The maximum Gasteiger partial charge on any atom is 0.445 e. The Morgan fingerprint density at radius 1 is 1.26 bits per heavy atom. The predicted molar refractivity (Wildman–Crippen MR) is 68.3 cm³/mol. The van der Waals surface area contributed by atoms with E-state index in [1.165, 1.54) is 0 Å². The molecule has 4 nitrogen and oxygen atoms in total. The van der Waals surface area contributed by atoms with Crippen molar-refractivity contribution in [3.63, 3.8) is 0 Å². The molecule has 1 aliphatic rings. The number of anilines is 1. The molecule has 1 aliphatic carbocycles. The number of nitrogens with zero attached hydrogens (tertiary/aromatic N) is 3. The van der Waals surface area contributed by atoms with E-state index in [2.05, 4.69) is 20.4 Å². The van der Waals surface area contributed by atoms with E-state index >= 15 is 0 Å². The van der Waals surface area contributed by atoms with Gasteiger partial charge in [0, 0.05) is 12.1 Å². The zero-order chi connectivity index (χ0) is 14.0. The van der Waals surface area contributed by atoms with Gasteiger partial charge < -0.3 is 10.2 Å². The smallest absolute Gasteiger partial charge is 0.357 e. The van der Waals surface area contributed by atoms with Crippen molar-refractivity contribution < 1.29 is 13.2 Å². The second-order valence-electron chi connectivity index (χ2n) is 5.04. The summed E-state index contributed by atoms with van der Waals surface area (Å²) in [5, 5.41) is 9.19. The third kappa shape index (κ3) is 3.79. The molecule has 108 valence electrons. The van der Waals surface area contributed by atoms with Crippen LogP contribution in [-0.2, 0) is 6.18 Å². The predicted octanol–water partition coefficient (Wildman–Crippen LogP) is 2.84. The minimum Gasteiger partial charge on any atom is -0.357 e. The lowest BCUT2D eigenvalue weighted by Crippen LogP contribution is -2.38. The highest BCUT2D eigenvalue weighted by molar-refractivity contribution is 7.15. The van der Waals surface area contributed by atoms with Gasteiger partial charge in [-0.1, -0.05) is 11.3 Å². The van der Waals surface area contributed by atoms with Gasteiger partial charge in [0.1, 0.15) is 0 Å². The molecule has 0 bridgehead atoms. The minimum atomic E-state index is -4.41. The lowest BCUT2D eigenvalue weighted by molar-refractivity contribution is -0.138. The Morgan fingerprint density at radius 3 is 2.58 bits per heavy atom. The van der Waals surface area contributed by atoms with Crippen molar-refractivity contribution in [1.82, 2.24) is 15.1 Å². The fourth-order valence-corrected chi connectivity index (χ4v) is 3.02. The fraction of sp³-hybridized carbons (Fsp3) is 0.818. The second kappa shape index (κ2) is 5.62. The molecule has 1 saturated carbocycles. The van der Waals surface area contributed by atoms with Crippen LogP contribution in [0, 0.1) is 0 Å². The van der Waals surface area contributed by atoms with Gasteiger partial charge in [0.2, 0.25) is 10.1 Å². The largest absolute Gasteiger partial charge is 0.445 e. The normalized spacial score (nSPS) is 24.7. The van der Waals surface area contributed by atoms with Gasteiger partial charge in [-0.2, -0.15) is 13.2 Å². The highest BCUT2D eigenvalue weighted by Crippen LogP contribution is 2.34. The number of aromatic nitrogens is 2. The molecule has 1 aromatic rings. The quantitative estimate of drug-likeness (QED) is 0.930. The zero-order valence-electron chi connectivity index (χ0n) is 10.9. The SMILES string of the molecule is CN(C)C1CCCC(Nc2nnc(C(F)(F)F)s2)C1. The third-order valence-electron chi connectivity index (χ3n) is 3.37. The molecule has 8 heteroatoms. The molecule has 1 aromatic heterocycles. The van der Waals surface area contributed by atoms with Crippen LogP contribution in [0.5, 0.6) is 0 Å². The lowest BCUT2D eigenvalue weighted by atomic mass is 9.90. The van der Waals surface area contributed by atoms with Gasteiger partial charge in [-0.3, -0.25) is 0 Å². The Morgan fingerprint density at radius 2 is 2.00 bits per heavy atom. The first kappa shape index (κ1) is 14.5. The van der Waals surface area contributed by atoms with Crippen molar-refractivity contribution in [2.45, 2.75) is 43.9 Å². The van der Waals surface area contributed by atoms with Crippen LogP contribution in [-0.4, -0.2) is 41.3 Å². The van der Waals surface area contributed by atoms with Crippen LogP contribution < -0.4 is 5.32 Å². The van der Waals surface area contributed by atoms with Crippen molar-refractivity contribution in [1.29, 1.82) is 0 Å². The summed E-state index contributed by atoms with van der Waals surface area (Å²) < 4.78 is 37.3. The highest BCUT2D eigenvalue weighted by Gasteiger charge is 2.36. The van der Waals surface area contributed by atoms with Crippen molar-refractivity contribution in [2.75, 3.05) is 19.4 Å². The van der Waals surface area contributed by atoms with E-state index in [9.17, 15) is 13.2 Å². The zero-order valence-corrected chi connectivity index (χ0v) is 11.7. The summed E-state index contributed by atoms with van der Waals surface area (Å²) >= 11 is 0.571. The first-order valence-corrected chi connectivity index (χ1v) is 7.01.